The summed E-state index contributed by atoms with van der Waals surface area (Å²) in [6.45, 7) is 4.04. The number of halogens is 2. The highest BCUT2D eigenvalue weighted by molar-refractivity contribution is 6.41. The molecular formula is C16H17Cl2N3O2. The molecule has 23 heavy (non-hydrogen) atoms. The first-order valence-corrected chi connectivity index (χ1v) is 8.04. The van der Waals surface area contributed by atoms with Crippen LogP contribution in [0.3, 0.4) is 0 Å². The molecule has 2 aromatic rings. The molecule has 0 aliphatic carbocycles. The first kappa shape index (κ1) is 17.5. The number of hydrogen-bond acceptors (Lipinski definition) is 3. The first-order chi connectivity index (χ1) is 10.9. The zero-order chi connectivity index (χ0) is 17.0. The second-order valence-electron chi connectivity index (χ2n) is 5.23. The van der Waals surface area contributed by atoms with E-state index in [0.29, 0.717) is 11.3 Å². The summed E-state index contributed by atoms with van der Waals surface area (Å²) in [6, 6.07) is 6.67. The molecule has 0 radical (unpaired) electrons. The van der Waals surface area contributed by atoms with Gasteiger partial charge >= 0.3 is 0 Å². The number of carbonyl (C=O) groups excluding carboxylic acids is 1. The molecule has 0 saturated heterocycles. The summed E-state index contributed by atoms with van der Waals surface area (Å²) in [5.74, 6) is -0.146. The largest absolute Gasteiger partial charge is 0.350 e. The van der Waals surface area contributed by atoms with Crippen molar-refractivity contribution >= 4 is 29.1 Å². The van der Waals surface area contributed by atoms with Crippen LogP contribution in [0.15, 0.2) is 35.3 Å². The van der Waals surface area contributed by atoms with Crippen LogP contribution < -0.4 is 10.9 Å². The molecule has 0 spiro atoms. The van der Waals surface area contributed by atoms with E-state index in [-0.39, 0.29) is 22.0 Å². The summed E-state index contributed by atoms with van der Waals surface area (Å²) in [5, 5.41) is 6.89. The Morgan fingerprint density at radius 2 is 1.96 bits per heavy atom. The van der Waals surface area contributed by atoms with Crippen LogP contribution in [-0.2, 0) is 0 Å². The fraction of sp³-hybridized carbons (Fsp3) is 0.312. The summed E-state index contributed by atoms with van der Waals surface area (Å²) in [7, 11) is 0. The smallest absolute Gasteiger partial charge is 0.291 e. The van der Waals surface area contributed by atoms with Crippen LogP contribution in [0.4, 0.5) is 0 Å². The van der Waals surface area contributed by atoms with Crippen molar-refractivity contribution in [2.45, 2.75) is 32.7 Å². The zero-order valence-electron chi connectivity index (χ0n) is 12.8. The molecule has 1 amide bonds. The van der Waals surface area contributed by atoms with Gasteiger partial charge in [-0.1, -0.05) is 36.5 Å². The molecule has 0 bridgehead atoms. The zero-order valence-corrected chi connectivity index (χ0v) is 14.4. The minimum Gasteiger partial charge on any atom is -0.350 e. The van der Waals surface area contributed by atoms with Crippen LogP contribution in [-0.4, -0.2) is 21.7 Å². The van der Waals surface area contributed by atoms with Crippen molar-refractivity contribution < 1.29 is 4.79 Å². The third-order valence-corrected chi connectivity index (χ3v) is 4.10. The SMILES string of the molecule is CCC[C@@H](C)NC(=O)c1ccc(-n2ncc(Cl)c(Cl)c2=O)cc1. The van der Waals surface area contributed by atoms with E-state index in [4.69, 9.17) is 23.2 Å². The highest BCUT2D eigenvalue weighted by atomic mass is 35.5. The third kappa shape index (κ3) is 4.12. The summed E-state index contributed by atoms with van der Waals surface area (Å²) in [6.07, 6.45) is 3.23. The molecule has 5 nitrogen and oxygen atoms in total. The van der Waals surface area contributed by atoms with Gasteiger partial charge in [-0.05, 0) is 37.6 Å². The van der Waals surface area contributed by atoms with Crippen LogP contribution in [0.5, 0.6) is 0 Å². The van der Waals surface area contributed by atoms with E-state index < -0.39 is 5.56 Å². The summed E-state index contributed by atoms with van der Waals surface area (Å²) < 4.78 is 1.13. The number of carbonyl (C=O) groups is 1. The van der Waals surface area contributed by atoms with Gasteiger partial charge in [0.25, 0.3) is 11.5 Å². The molecule has 7 heteroatoms. The number of hydrogen-bond donors (Lipinski definition) is 1. The Balaban J connectivity index is 2.22. The van der Waals surface area contributed by atoms with Gasteiger partial charge in [0.2, 0.25) is 0 Å². The van der Waals surface area contributed by atoms with Crippen molar-refractivity contribution in [1.82, 2.24) is 15.1 Å². The van der Waals surface area contributed by atoms with E-state index in [9.17, 15) is 9.59 Å². The van der Waals surface area contributed by atoms with Crippen molar-refractivity contribution in [3.8, 4) is 5.69 Å². The van der Waals surface area contributed by atoms with Crippen LogP contribution in [0.2, 0.25) is 10.0 Å². The van der Waals surface area contributed by atoms with E-state index in [0.717, 1.165) is 17.5 Å². The number of amides is 1. The fourth-order valence-electron chi connectivity index (χ4n) is 2.16. The van der Waals surface area contributed by atoms with E-state index in [1.165, 1.54) is 6.20 Å². The molecule has 1 heterocycles. The Morgan fingerprint density at radius 3 is 2.57 bits per heavy atom. The van der Waals surface area contributed by atoms with Gasteiger partial charge in [-0.2, -0.15) is 9.78 Å². The molecule has 1 N–H and O–H groups in total. The van der Waals surface area contributed by atoms with E-state index >= 15 is 0 Å². The van der Waals surface area contributed by atoms with Gasteiger partial charge in [0, 0.05) is 11.6 Å². The Labute approximate surface area is 144 Å². The van der Waals surface area contributed by atoms with Gasteiger partial charge in [-0.15, -0.1) is 0 Å². The maximum absolute atomic E-state index is 12.1. The average Bonchev–Trinajstić information content (AvgIpc) is 2.53. The van der Waals surface area contributed by atoms with Crippen molar-refractivity contribution in [1.29, 1.82) is 0 Å². The molecule has 0 unspecified atom stereocenters. The molecule has 2 rings (SSSR count). The molecule has 0 aliphatic rings. The molecule has 1 atom stereocenters. The van der Waals surface area contributed by atoms with Crippen LogP contribution in [0.1, 0.15) is 37.0 Å². The van der Waals surface area contributed by atoms with Crippen LogP contribution in [0.25, 0.3) is 5.69 Å². The minimum absolute atomic E-state index is 0.0862. The van der Waals surface area contributed by atoms with Gasteiger partial charge in [0.15, 0.2) is 0 Å². The lowest BCUT2D eigenvalue weighted by atomic mass is 10.1. The molecule has 0 aliphatic heterocycles. The highest BCUT2D eigenvalue weighted by Crippen LogP contribution is 2.16. The molecule has 1 aromatic carbocycles. The second kappa shape index (κ2) is 7.62. The minimum atomic E-state index is -0.507. The number of aromatic nitrogens is 2. The molecule has 122 valence electrons. The van der Waals surface area contributed by atoms with Gasteiger partial charge < -0.3 is 5.32 Å². The number of nitrogens with zero attached hydrogens (tertiary/aromatic N) is 2. The Hall–Kier alpha value is -1.85. The predicted octanol–water partition coefficient (Wildman–Crippen LogP) is 3.46. The van der Waals surface area contributed by atoms with Crippen molar-refractivity contribution in [3.63, 3.8) is 0 Å². The average molecular weight is 354 g/mol. The maximum Gasteiger partial charge on any atom is 0.291 e. The van der Waals surface area contributed by atoms with Gasteiger partial charge in [-0.25, -0.2) is 0 Å². The normalized spacial score (nSPS) is 12.0. The Bertz CT molecular complexity index is 757. The standard InChI is InChI=1S/C16H17Cl2N3O2/c1-3-4-10(2)20-15(22)11-5-7-12(8-6-11)21-16(23)14(18)13(17)9-19-21/h5-10H,3-4H2,1-2H3,(H,20,22)/t10-/m1/s1. The van der Waals surface area contributed by atoms with Gasteiger partial charge in [0.1, 0.15) is 5.02 Å². The van der Waals surface area contributed by atoms with E-state index in [1.54, 1.807) is 24.3 Å². The summed E-state index contributed by atoms with van der Waals surface area (Å²) >= 11 is 11.6. The number of rotatable bonds is 5. The Morgan fingerprint density at radius 1 is 1.30 bits per heavy atom. The fourth-order valence-corrected chi connectivity index (χ4v) is 2.42. The van der Waals surface area contributed by atoms with Crippen LogP contribution in [0, 0.1) is 0 Å². The van der Waals surface area contributed by atoms with Crippen molar-refractivity contribution in [2.24, 2.45) is 0 Å². The van der Waals surface area contributed by atoms with Gasteiger partial charge in [0.05, 0.1) is 16.9 Å². The lowest BCUT2D eigenvalue weighted by molar-refractivity contribution is 0.0938. The molecule has 1 aromatic heterocycles. The van der Waals surface area contributed by atoms with E-state index in [1.807, 2.05) is 6.92 Å². The van der Waals surface area contributed by atoms with Gasteiger partial charge in [-0.3, -0.25) is 9.59 Å². The summed E-state index contributed by atoms with van der Waals surface area (Å²) in [5.41, 5.74) is 0.518. The van der Waals surface area contributed by atoms with Crippen molar-refractivity contribution in [2.75, 3.05) is 0 Å². The predicted molar refractivity (Wildman–Crippen MR) is 91.7 cm³/mol. The lowest BCUT2D eigenvalue weighted by Crippen LogP contribution is -2.32. The quantitative estimate of drug-likeness (QED) is 0.894. The highest BCUT2D eigenvalue weighted by Gasteiger charge is 2.11. The van der Waals surface area contributed by atoms with E-state index in [2.05, 4.69) is 17.3 Å². The first-order valence-electron chi connectivity index (χ1n) is 7.28. The molecule has 0 fully saturated rings. The Kier molecular flexibility index (Phi) is 5.80. The lowest BCUT2D eigenvalue weighted by Gasteiger charge is -2.13. The van der Waals surface area contributed by atoms with Crippen LogP contribution >= 0.6 is 23.2 Å². The summed E-state index contributed by atoms with van der Waals surface area (Å²) in [4.78, 5) is 24.1. The van der Waals surface area contributed by atoms with Crippen molar-refractivity contribution in [3.05, 3.63) is 56.4 Å². The molecular weight excluding hydrogens is 337 g/mol. The number of benzene rings is 1. The third-order valence-electron chi connectivity index (χ3n) is 3.35. The maximum atomic E-state index is 12.1. The number of nitrogens with one attached hydrogen (secondary N) is 1. The monoisotopic (exact) mass is 353 g/mol. The molecule has 0 saturated carbocycles. The second-order valence-corrected chi connectivity index (χ2v) is 6.02. The topological polar surface area (TPSA) is 64.0 Å².